The third kappa shape index (κ3) is 5.31. The largest absolute Gasteiger partial charge is 0.345 e. The lowest BCUT2D eigenvalue weighted by Gasteiger charge is -2.26. The van der Waals surface area contributed by atoms with Crippen LogP contribution in [0.2, 0.25) is 5.02 Å². The minimum absolute atomic E-state index is 0.191. The van der Waals surface area contributed by atoms with Crippen molar-refractivity contribution in [1.82, 2.24) is 20.9 Å². The highest BCUT2D eigenvalue weighted by Crippen LogP contribution is 2.24. The molecule has 6 amide bonds. The van der Waals surface area contributed by atoms with E-state index < -0.39 is 35.2 Å². The number of nitrogens with zero attached hydrogens (tertiary/aromatic N) is 1. The summed E-state index contributed by atoms with van der Waals surface area (Å²) in [5.41, 5.74) is -0.736. The Kier molecular flexibility index (Phi) is 6.93. The summed E-state index contributed by atoms with van der Waals surface area (Å²) in [7, 11) is 0. The van der Waals surface area contributed by atoms with E-state index in [4.69, 9.17) is 11.6 Å². The number of anilines is 2. The van der Waals surface area contributed by atoms with Crippen molar-refractivity contribution in [3.63, 3.8) is 0 Å². The van der Waals surface area contributed by atoms with Crippen molar-refractivity contribution in [2.24, 2.45) is 0 Å². The molecule has 0 radical (unpaired) electrons. The first-order chi connectivity index (χ1) is 17.3. The Morgan fingerprint density at radius 2 is 1.69 bits per heavy atom. The molecule has 0 spiro atoms. The number of pyridine rings is 1. The number of carbonyl (C=O) groups excluding carboxylic acids is 5. The van der Waals surface area contributed by atoms with Gasteiger partial charge in [0.25, 0.3) is 11.8 Å². The summed E-state index contributed by atoms with van der Waals surface area (Å²) in [5, 5.41) is 12.5. The second kappa shape index (κ2) is 10.2. The van der Waals surface area contributed by atoms with Crippen LogP contribution >= 0.6 is 11.6 Å². The third-order valence-corrected chi connectivity index (χ3v) is 5.50. The smallest absolute Gasteiger partial charge is 0.322 e. The zero-order valence-corrected chi connectivity index (χ0v) is 19.3. The molecular weight excluding hydrogens is 488 g/mol. The standard InChI is InChI=1S/C24H19ClN6O5/c25-16-9-10-18(26-12-16)29-19(32)14-5-4-8-17(11-14)28-21(34)20(33)27-13-24(15-6-2-1-3-7-15)22(35)30-23(36)31-24/h1-12H,13H2,(H,27,33)(H,28,34)(H,26,29,32)(H2,30,31,35,36). The van der Waals surface area contributed by atoms with Crippen molar-refractivity contribution in [3.05, 3.63) is 89.1 Å². The molecule has 36 heavy (non-hydrogen) atoms. The fourth-order valence-electron chi connectivity index (χ4n) is 3.50. The lowest BCUT2D eigenvalue weighted by Crippen LogP contribution is -2.53. The van der Waals surface area contributed by atoms with Crippen LogP contribution in [0.4, 0.5) is 16.3 Å². The Morgan fingerprint density at radius 1 is 0.917 bits per heavy atom. The molecule has 1 unspecified atom stereocenters. The van der Waals surface area contributed by atoms with Gasteiger partial charge in [0.2, 0.25) is 0 Å². The number of aromatic nitrogens is 1. The summed E-state index contributed by atoms with van der Waals surface area (Å²) in [6.45, 7) is -0.364. The maximum absolute atomic E-state index is 12.5. The molecule has 1 fully saturated rings. The molecule has 1 aliphatic heterocycles. The minimum Gasteiger partial charge on any atom is -0.345 e. The monoisotopic (exact) mass is 506 g/mol. The summed E-state index contributed by atoms with van der Waals surface area (Å²) in [6, 6.07) is 16.6. The summed E-state index contributed by atoms with van der Waals surface area (Å²) >= 11 is 5.79. The van der Waals surface area contributed by atoms with Gasteiger partial charge in [0.05, 0.1) is 11.6 Å². The average molecular weight is 507 g/mol. The van der Waals surface area contributed by atoms with E-state index in [2.05, 4.69) is 31.6 Å². The zero-order valence-electron chi connectivity index (χ0n) is 18.5. The summed E-state index contributed by atoms with van der Waals surface area (Å²) in [4.78, 5) is 65.8. The highest BCUT2D eigenvalue weighted by Gasteiger charge is 2.48. The fourth-order valence-corrected chi connectivity index (χ4v) is 3.61. The van der Waals surface area contributed by atoms with Crippen molar-refractivity contribution in [3.8, 4) is 0 Å². The van der Waals surface area contributed by atoms with Crippen LogP contribution in [-0.4, -0.2) is 41.2 Å². The van der Waals surface area contributed by atoms with Gasteiger partial charge >= 0.3 is 17.8 Å². The van der Waals surface area contributed by atoms with E-state index in [0.717, 1.165) is 0 Å². The van der Waals surface area contributed by atoms with Crippen LogP contribution in [0.3, 0.4) is 0 Å². The Hall–Kier alpha value is -4.77. The van der Waals surface area contributed by atoms with E-state index in [0.29, 0.717) is 10.6 Å². The first kappa shape index (κ1) is 24.4. The van der Waals surface area contributed by atoms with Gasteiger partial charge in [0.15, 0.2) is 5.54 Å². The molecule has 1 aromatic heterocycles. The molecule has 1 atom stereocenters. The molecule has 11 nitrogen and oxygen atoms in total. The van der Waals surface area contributed by atoms with Crippen molar-refractivity contribution in [2.45, 2.75) is 5.54 Å². The lowest BCUT2D eigenvalue weighted by atomic mass is 9.90. The van der Waals surface area contributed by atoms with Crippen LogP contribution in [0.15, 0.2) is 72.9 Å². The molecular formula is C24H19ClN6O5. The number of hydrogen-bond acceptors (Lipinski definition) is 6. The van der Waals surface area contributed by atoms with E-state index in [9.17, 15) is 24.0 Å². The van der Waals surface area contributed by atoms with E-state index in [1.54, 1.807) is 36.4 Å². The summed E-state index contributed by atoms with van der Waals surface area (Å²) in [6.07, 6.45) is 1.38. The van der Waals surface area contributed by atoms with Gasteiger partial charge in [-0.05, 0) is 35.9 Å². The van der Waals surface area contributed by atoms with Crippen LogP contribution in [0.1, 0.15) is 15.9 Å². The molecule has 0 bridgehead atoms. The highest BCUT2D eigenvalue weighted by atomic mass is 35.5. The van der Waals surface area contributed by atoms with Gasteiger partial charge in [-0.1, -0.05) is 48.0 Å². The van der Waals surface area contributed by atoms with Crippen LogP contribution in [-0.2, 0) is 19.9 Å². The van der Waals surface area contributed by atoms with Gasteiger partial charge in [-0.3, -0.25) is 24.5 Å². The fraction of sp³-hybridized carbons (Fsp3) is 0.0833. The molecule has 0 aliphatic carbocycles. The predicted molar refractivity (Wildman–Crippen MR) is 130 cm³/mol. The maximum atomic E-state index is 12.5. The van der Waals surface area contributed by atoms with Crippen molar-refractivity contribution in [1.29, 1.82) is 0 Å². The molecule has 2 heterocycles. The molecule has 12 heteroatoms. The zero-order chi connectivity index (χ0) is 25.7. The quantitative estimate of drug-likeness (QED) is 0.253. The predicted octanol–water partition coefficient (Wildman–Crippen LogP) is 1.78. The molecule has 2 aromatic carbocycles. The van der Waals surface area contributed by atoms with Gasteiger partial charge in [0, 0.05) is 17.4 Å². The number of hydrogen-bond donors (Lipinski definition) is 5. The first-order valence-corrected chi connectivity index (χ1v) is 11.0. The number of nitrogens with one attached hydrogen (secondary N) is 5. The second-order valence-corrected chi connectivity index (χ2v) is 8.15. The number of rotatable bonds is 6. The van der Waals surface area contributed by atoms with E-state index in [-0.39, 0.29) is 23.6 Å². The van der Waals surface area contributed by atoms with E-state index in [1.165, 1.54) is 36.5 Å². The Labute approximate surface area is 209 Å². The van der Waals surface area contributed by atoms with Crippen LogP contribution in [0, 0.1) is 0 Å². The SMILES string of the molecule is O=C1NC(=O)C(CNC(=O)C(=O)Nc2cccc(C(=O)Nc3ccc(Cl)cn3)c2)(c2ccccc2)N1. The average Bonchev–Trinajstić information content (AvgIpc) is 3.18. The second-order valence-electron chi connectivity index (χ2n) is 7.71. The number of benzene rings is 2. The van der Waals surface area contributed by atoms with Crippen molar-refractivity contribution < 1.29 is 24.0 Å². The number of urea groups is 1. The van der Waals surface area contributed by atoms with E-state index >= 15 is 0 Å². The third-order valence-electron chi connectivity index (χ3n) is 5.28. The van der Waals surface area contributed by atoms with Gasteiger partial charge in [-0.25, -0.2) is 9.78 Å². The number of amides is 6. The summed E-state index contributed by atoms with van der Waals surface area (Å²) < 4.78 is 0. The Morgan fingerprint density at radius 3 is 2.36 bits per heavy atom. The number of imide groups is 1. The Balaban J connectivity index is 1.40. The lowest BCUT2D eigenvalue weighted by molar-refractivity contribution is -0.136. The highest BCUT2D eigenvalue weighted by molar-refractivity contribution is 6.39. The van der Waals surface area contributed by atoms with E-state index in [1.807, 2.05) is 0 Å². The first-order valence-electron chi connectivity index (χ1n) is 10.6. The molecule has 0 saturated carbocycles. The number of carbonyl (C=O) groups is 5. The molecule has 182 valence electrons. The summed E-state index contributed by atoms with van der Waals surface area (Å²) in [5.74, 6) is -2.93. The normalized spacial score (nSPS) is 16.5. The van der Waals surface area contributed by atoms with Gasteiger partial charge in [0.1, 0.15) is 5.82 Å². The molecule has 3 aromatic rings. The maximum Gasteiger partial charge on any atom is 0.322 e. The molecule has 1 aliphatic rings. The molecule has 5 N–H and O–H groups in total. The minimum atomic E-state index is -1.57. The van der Waals surface area contributed by atoms with Crippen molar-refractivity contribution >= 4 is 52.8 Å². The van der Waals surface area contributed by atoms with Gasteiger partial charge < -0.3 is 21.3 Å². The molecule has 1 saturated heterocycles. The van der Waals surface area contributed by atoms with Crippen molar-refractivity contribution in [2.75, 3.05) is 17.2 Å². The van der Waals surface area contributed by atoms with Gasteiger partial charge in [-0.15, -0.1) is 0 Å². The number of halogens is 1. The molecule has 4 rings (SSSR count). The van der Waals surface area contributed by atoms with Crippen LogP contribution in [0.25, 0.3) is 0 Å². The van der Waals surface area contributed by atoms with Crippen LogP contribution in [0.5, 0.6) is 0 Å². The van der Waals surface area contributed by atoms with Gasteiger partial charge in [-0.2, -0.15) is 0 Å². The Bertz CT molecular complexity index is 1350. The topological polar surface area (TPSA) is 158 Å². The van der Waals surface area contributed by atoms with Crippen LogP contribution < -0.4 is 26.6 Å².